The summed E-state index contributed by atoms with van der Waals surface area (Å²) in [5.74, 6) is 1.57. The van der Waals surface area contributed by atoms with E-state index in [4.69, 9.17) is 15.2 Å². The molecule has 2 rings (SSSR count). The molecule has 2 N–H and O–H groups in total. The fourth-order valence-electron chi connectivity index (χ4n) is 1.12. The van der Waals surface area contributed by atoms with E-state index in [-0.39, 0.29) is 0 Å². The molecule has 0 bridgehead atoms. The Morgan fingerprint density at radius 1 is 1.27 bits per heavy atom. The molecule has 0 saturated carbocycles. The quantitative estimate of drug-likeness (QED) is 0.642. The van der Waals surface area contributed by atoms with E-state index in [0.29, 0.717) is 13.2 Å². The van der Waals surface area contributed by atoms with Gasteiger partial charge in [0.1, 0.15) is 18.2 Å². The zero-order valence-electron chi connectivity index (χ0n) is 6.22. The van der Waals surface area contributed by atoms with Crippen molar-refractivity contribution in [3.63, 3.8) is 0 Å². The number of thiophene rings is 1. The maximum absolute atomic E-state index is 5.68. The summed E-state index contributed by atoms with van der Waals surface area (Å²) in [7, 11) is 0. The van der Waals surface area contributed by atoms with Crippen LogP contribution >= 0.6 is 11.3 Å². The normalized spacial score (nSPS) is 15.0. The van der Waals surface area contributed by atoms with Gasteiger partial charge < -0.3 is 15.2 Å². The van der Waals surface area contributed by atoms with Crippen molar-refractivity contribution in [3.8, 4) is 11.5 Å². The highest BCUT2D eigenvalue weighted by Gasteiger charge is 2.19. The zero-order chi connectivity index (χ0) is 7.84. The van der Waals surface area contributed by atoms with Gasteiger partial charge in [-0.1, -0.05) is 0 Å². The summed E-state index contributed by atoms with van der Waals surface area (Å²) >= 11 is 1.51. The van der Waals surface area contributed by atoms with E-state index in [0.717, 1.165) is 21.4 Å². The number of anilines is 1. The van der Waals surface area contributed by atoms with Crippen LogP contribution in [0.3, 0.4) is 0 Å². The highest BCUT2D eigenvalue weighted by atomic mass is 32.1. The van der Waals surface area contributed by atoms with Crippen molar-refractivity contribution in [3.05, 3.63) is 4.88 Å². The fraction of sp³-hybridized carbons (Fsp3) is 0.429. The number of nitrogens with two attached hydrogens (primary N) is 1. The first kappa shape index (κ1) is 6.79. The summed E-state index contributed by atoms with van der Waals surface area (Å²) in [6, 6.07) is 0. The number of hydrogen-bond acceptors (Lipinski definition) is 4. The second-order valence-corrected chi connectivity index (χ2v) is 3.63. The summed E-state index contributed by atoms with van der Waals surface area (Å²) in [4.78, 5) is 1.09. The van der Waals surface area contributed by atoms with Crippen LogP contribution in [0.15, 0.2) is 0 Å². The third-order valence-electron chi connectivity index (χ3n) is 1.59. The van der Waals surface area contributed by atoms with Gasteiger partial charge in [-0.3, -0.25) is 0 Å². The van der Waals surface area contributed by atoms with E-state index < -0.39 is 0 Å². The van der Waals surface area contributed by atoms with E-state index in [1.807, 2.05) is 6.92 Å². The summed E-state index contributed by atoms with van der Waals surface area (Å²) in [5, 5.41) is 0.720. The van der Waals surface area contributed by atoms with Gasteiger partial charge >= 0.3 is 0 Å². The predicted octanol–water partition coefficient (Wildman–Crippen LogP) is 1.41. The Morgan fingerprint density at radius 2 is 1.91 bits per heavy atom. The topological polar surface area (TPSA) is 44.5 Å². The SMILES string of the molecule is Cc1sc(N)c2c1OCCO2. The molecule has 0 atom stereocenters. The van der Waals surface area contributed by atoms with Gasteiger partial charge in [0, 0.05) is 4.88 Å². The van der Waals surface area contributed by atoms with Crippen LogP contribution in [-0.4, -0.2) is 13.2 Å². The molecule has 1 aliphatic rings. The molecular formula is C7H9NO2S. The molecule has 0 unspecified atom stereocenters. The fourth-order valence-corrected chi connectivity index (χ4v) is 1.94. The van der Waals surface area contributed by atoms with E-state index in [2.05, 4.69) is 0 Å². The molecule has 0 amide bonds. The number of hydrogen-bond donors (Lipinski definition) is 1. The van der Waals surface area contributed by atoms with Crippen LogP contribution in [0.1, 0.15) is 4.88 Å². The molecule has 1 aliphatic heterocycles. The third kappa shape index (κ3) is 0.939. The first-order valence-corrected chi connectivity index (χ1v) is 4.25. The molecule has 1 aromatic rings. The van der Waals surface area contributed by atoms with Gasteiger partial charge in [-0.05, 0) is 6.92 Å². The maximum Gasteiger partial charge on any atom is 0.195 e. The van der Waals surface area contributed by atoms with Crippen molar-refractivity contribution in [2.24, 2.45) is 0 Å². The summed E-state index contributed by atoms with van der Waals surface area (Å²) in [5.41, 5.74) is 5.68. The minimum atomic E-state index is 0.605. The van der Waals surface area contributed by atoms with Crippen molar-refractivity contribution in [1.29, 1.82) is 0 Å². The molecule has 4 heteroatoms. The molecule has 11 heavy (non-hydrogen) atoms. The van der Waals surface area contributed by atoms with Crippen molar-refractivity contribution in [1.82, 2.24) is 0 Å². The van der Waals surface area contributed by atoms with Gasteiger partial charge in [0.05, 0.1) is 0 Å². The second-order valence-electron chi connectivity index (χ2n) is 2.38. The van der Waals surface area contributed by atoms with Crippen LogP contribution in [0.5, 0.6) is 11.5 Å². The molecule has 0 fully saturated rings. The average molecular weight is 171 g/mol. The van der Waals surface area contributed by atoms with Gasteiger partial charge in [-0.25, -0.2) is 0 Å². The number of rotatable bonds is 0. The van der Waals surface area contributed by atoms with E-state index in [1.54, 1.807) is 0 Å². The number of nitrogen functional groups attached to an aromatic ring is 1. The van der Waals surface area contributed by atoms with Crippen LogP contribution < -0.4 is 15.2 Å². The summed E-state index contributed by atoms with van der Waals surface area (Å²) < 4.78 is 10.7. The second kappa shape index (κ2) is 2.30. The molecule has 0 aromatic carbocycles. The van der Waals surface area contributed by atoms with Gasteiger partial charge in [-0.15, -0.1) is 11.3 Å². The van der Waals surface area contributed by atoms with Crippen LogP contribution in [-0.2, 0) is 0 Å². The monoisotopic (exact) mass is 171 g/mol. The Hall–Kier alpha value is -0.900. The van der Waals surface area contributed by atoms with Gasteiger partial charge in [0.2, 0.25) is 0 Å². The minimum Gasteiger partial charge on any atom is -0.485 e. The smallest absolute Gasteiger partial charge is 0.195 e. The lowest BCUT2D eigenvalue weighted by atomic mass is 10.4. The Morgan fingerprint density at radius 3 is 2.55 bits per heavy atom. The largest absolute Gasteiger partial charge is 0.485 e. The lowest BCUT2D eigenvalue weighted by Crippen LogP contribution is -2.15. The van der Waals surface area contributed by atoms with Gasteiger partial charge in [0.15, 0.2) is 11.5 Å². The Labute approximate surface area is 68.7 Å². The molecule has 0 radical (unpaired) electrons. The van der Waals surface area contributed by atoms with Crippen molar-refractivity contribution in [2.45, 2.75) is 6.92 Å². The molecule has 60 valence electrons. The molecule has 0 saturated heterocycles. The first-order valence-electron chi connectivity index (χ1n) is 3.43. The highest BCUT2D eigenvalue weighted by Crippen LogP contribution is 2.45. The predicted molar refractivity (Wildman–Crippen MR) is 44.5 cm³/mol. The number of ether oxygens (including phenoxy) is 2. The van der Waals surface area contributed by atoms with Crippen LogP contribution in [0, 0.1) is 6.92 Å². The Kier molecular flexibility index (Phi) is 1.42. The Bertz CT molecular complexity index is 256. The summed E-state index contributed by atoms with van der Waals surface area (Å²) in [6.07, 6.45) is 0. The number of aryl methyl sites for hydroxylation is 1. The lowest BCUT2D eigenvalue weighted by molar-refractivity contribution is 0.173. The highest BCUT2D eigenvalue weighted by molar-refractivity contribution is 7.16. The van der Waals surface area contributed by atoms with Crippen LogP contribution in [0.2, 0.25) is 0 Å². The average Bonchev–Trinajstić information content (AvgIpc) is 2.30. The first-order chi connectivity index (χ1) is 5.29. The molecule has 1 aromatic heterocycles. The van der Waals surface area contributed by atoms with Gasteiger partial charge in [0.25, 0.3) is 0 Å². The third-order valence-corrected chi connectivity index (χ3v) is 2.49. The molecular weight excluding hydrogens is 162 g/mol. The number of fused-ring (bicyclic) bond motifs is 1. The molecule has 2 heterocycles. The molecule has 0 spiro atoms. The summed E-state index contributed by atoms with van der Waals surface area (Å²) in [6.45, 7) is 3.21. The standard InChI is InChI=1S/C7H9NO2S/c1-4-5-6(7(8)11-4)10-3-2-9-5/h2-3,8H2,1H3. The molecule has 3 nitrogen and oxygen atoms in total. The van der Waals surface area contributed by atoms with Crippen LogP contribution in [0.25, 0.3) is 0 Å². The molecule has 0 aliphatic carbocycles. The van der Waals surface area contributed by atoms with Crippen molar-refractivity contribution < 1.29 is 9.47 Å². The van der Waals surface area contributed by atoms with E-state index in [9.17, 15) is 0 Å². The Balaban J connectivity index is 2.52. The lowest BCUT2D eigenvalue weighted by Gasteiger charge is -2.15. The van der Waals surface area contributed by atoms with Crippen molar-refractivity contribution in [2.75, 3.05) is 18.9 Å². The minimum absolute atomic E-state index is 0.605. The van der Waals surface area contributed by atoms with Crippen molar-refractivity contribution >= 4 is 16.3 Å². The van der Waals surface area contributed by atoms with Gasteiger partial charge in [-0.2, -0.15) is 0 Å². The maximum atomic E-state index is 5.68. The van der Waals surface area contributed by atoms with E-state index in [1.165, 1.54) is 11.3 Å². The zero-order valence-corrected chi connectivity index (χ0v) is 7.03. The van der Waals surface area contributed by atoms with Crippen LogP contribution in [0.4, 0.5) is 5.00 Å². The van der Waals surface area contributed by atoms with E-state index >= 15 is 0 Å².